The summed E-state index contributed by atoms with van der Waals surface area (Å²) in [5, 5.41) is 0.955. The van der Waals surface area contributed by atoms with E-state index in [0.29, 0.717) is 6.10 Å². The zero-order valence-corrected chi connectivity index (χ0v) is 16.6. The second kappa shape index (κ2) is 7.44. The number of morpholine rings is 1. The van der Waals surface area contributed by atoms with Crippen molar-refractivity contribution in [3.8, 4) is 0 Å². The molecule has 0 N–H and O–H groups in total. The van der Waals surface area contributed by atoms with Crippen LogP contribution in [0.5, 0.6) is 0 Å². The number of likely N-dealkylation sites (tertiary alicyclic amines) is 1. The van der Waals surface area contributed by atoms with Gasteiger partial charge in [-0.15, -0.1) is 0 Å². The number of anilines is 1. The minimum atomic E-state index is 0.153. The molecule has 3 fully saturated rings. The first-order valence-corrected chi connectivity index (χ1v) is 10.6. The van der Waals surface area contributed by atoms with Crippen molar-refractivity contribution in [1.29, 1.82) is 0 Å². The van der Waals surface area contributed by atoms with Crippen LogP contribution in [0, 0.1) is 12.3 Å². The van der Waals surface area contributed by atoms with Crippen LogP contribution < -0.4 is 4.90 Å². The van der Waals surface area contributed by atoms with Crippen LogP contribution in [0.1, 0.15) is 47.5 Å². The van der Waals surface area contributed by atoms with Gasteiger partial charge in [-0.25, -0.2) is 4.98 Å². The second-order valence-electron chi connectivity index (χ2n) is 7.82. The maximum atomic E-state index is 13.3. The summed E-state index contributed by atoms with van der Waals surface area (Å²) in [7, 11) is 1.82. The maximum Gasteiger partial charge on any atom is 0.265 e. The first-order chi connectivity index (χ1) is 12.6. The van der Waals surface area contributed by atoms with Crippen molar-refractivity contribution in [2.24, 2.45) is 5.41 Å². The van der Waals surface area contributed by atoms with Gasteiger partial charge in [-0.05, 0) is 32.6 Å². The summed E-state index contributed by atoms with van der Waals surface area (Å²) in [5.41, 5.74) is 1.02. The van der Waals surface area contributed by atoms with E-state index in [0.717, 1.165) is 67.9 Å². The van der Waals surface area contributed by atoms with Crippen molar-refractivity contribution in [3.05, 3.63) is 10.6 Å². The van der Waals surface area contributed by atoms with Crippen molar-refractivity contribution < 1.29 is 14.3 Å². The molecule has 26 heavy (non-hydrogen) atoms. The van der Waals surface area contributed by atoms with Crippen LogP contribution in [0.2, 0.25) is 0 Å². The largest absolute Gasteiger partial charge is 0.381 e. The number of ether oxygens (including phenoxy) is 2. The number of nitrogens with zero attached hydrogens (tertiary/aromatic N) is 3. The van der Waals surface area contributed by atoms with Crippen LogP contribution in [0.15, 0.2) is 0 Å². The Labute approximate surface area is 159 Å². The third kappa shape index (κ3) is 3.25. The highest BCUT2D eigenvalue weighted by atomic mass is 32.1. The summed E-state index contributed by atoms with van der Waals surface area (Å²) in [6, 6.07) is 0. The van der Waals surface area contributed by atoms with E-state index >= 15 is 0 Å². The summed E-state index contributed by atoms with van der Waals surface area (Å²) in [6.07, 6.45) is 6.05. The van der Waals surface area contributed by atoms with Crippen molar-refractivity contribution in [1.82, 2.24) is 9.88 Å². The third-order valence-electron chi connectivity index (χ3n) is 6.27. The van der Waals surface area contributed by atoms with Gasteiger partial charge >= 0.3 is 0 Å². The number of hydrogen-bond acceptors (Lipinski definition) is 6. The van der Waals surface area contributed by atoms with Crippen LogP contribution in [0.4, 0.5) is 5.13 Å². The second-order valence-corrected chi connectivity index (χ2v) is 8.80. The molecule has 1 aromatic rings. The highest BCUT2D eigenvalue weighted by molar-refractivity contribution is 7.17. The summed E-state index contributed by atoms with van der Waals surface area (Å²) >= 11 is 1.54. The molecular formula is C19H29N3O3S. The maximum absolute atomic E-state index is 13.3. The summed E-state index contributed by atoms with van der Waals surface area (Å²) < 4.78 is 11.2. The van der Waals surface area contributed by atoms with Gasteiger partial charge in [-0.2, -0.15) is 0 Å². The number of aryl methyl sites for hydroxylation is 1. The van der Waals surface area contributed by atoms with E-state index in [2.05, 4.69) is 14.8 Å². The SMILES string of the molecule is CO[C@@H]1CCC[C@]12CCCN(C(=O)c1sc(N3CCOCC3)nc1C)C2. The number of amides is 1. The van der Waals surface area contributed by atoms with Crippen LogP contribution >= 0.6 is 11.3 Å². The van der Waals surface area contributed by atoms with Gasteiger partial charge in [0.2, 0.25) is 0 Å². The predicted octanol–water partition coefficient (Wildman–Crippen LogP) is 2.71. The number of hydrogen-bond donors (Lipinski definition) is 0. The molecule has 2 atom stereocenters. The average Bonchev–Trinajstić information content (AvgIpc) is 3.25. The summed E-state index contributed by atoms with van der Waals surface area (Å²) in [5.74, 6) is 0.153. The molecule has 2 saturated heterocycles. The van der Waals surface area contributed by atoms with Gasteiger partial charge < -0.3 is 19.3 Å². The monoisotopic (exact) mass is 379 g/mol. The molecule has 3 aliphatic rings. The Bertz CT molecular complexity index is 658. The fraction of sp³-hybridized carbons (Fsp3) is 0.789. The highest BCUT2D eigenvalue weighted by Crippen LogP contribution is 2.46. The normalized spacial score (nSPS) is 29.5. The summed E-state index contributed by atoms with van der Waals surface area (Å²) in [6.45, 7) is 6.80. The molecule has 0 radical (unpaired) electrons. The molecule has 7 heteroatoms. The van der Waals surface area contributed by atoms with E-state index in [1.54, 1.807) is 11.3 Å². The fourth-order valence-electron chi connectivity index (χ4n) is 4.89. The van der Waals surface area contributed by atoms with E-state index in [9.17, 15) is 4.79 Å². The molecular weight excluding hydrogens is 350 g/mol. The van der Waals surface area contributed by atoms with E-state index in [1.807, 2.05) is 14.0 Å². The topological polar surface area (TPSA) is 54.9 Å². The Kier molecular flexibility index (Phi) is 5.21. The van der Waals surface area contributed by atoms with Crippen LogP contribution in [0.3, 0.4) is 0 Å². The van der Waals surface area contributed by atoms with Crippen molar-refractivity contribution >= 4 is 22.4 Å². The number of rotatable bonds is 3. The fourth-order valence-corrected chi connectivity index (χ4v) is 5.98. The molecule has 1 aliphatic carbocycles. The lowest BCUT2D eigenvalue weighted by atomic mass is 9.76. The van der Waals surface area contributed by atoms with Gasteiger partial charge in [-0.1, -0.05) is 17.8 Å². The number of aromatic nitrogens is 1. The molecule has 1 spiro atoms. The van der Waals surface area contributed by atoms with Gasteiger partial charge in [0.25, 0.3) is 5.91 Å². The molecule has 6 nitrogen and oxygen atoms in total. The summed E-state index contributed by atoms with van der Waals surface area (Å²) in [4.78, 5) is 23.0. The lowest BCUT2D eigenvalue weighted by Crippen LogP contribution is -2.49. The van der Waals surface area contributed by atoms with E-state index in [1.165, 1.54) is 19.3 Å². The zero-order chi connectivity index (χ0) is 18.1. The van der Waals surface area contributed by atoms with Crippen LogP contribution in [0.25, 0.3) is 0 Å². The highest BCUT2D eigenvalue weighted by Gasteiger charge is 2.47. The Hall–Kier alpha value is -1.18. The van der Waals surface area contributed by atoms with Crippen LogP contribution in [-0.2, 0) is 9.47 Å². The Balaban J connectivity index is 1.51. The number of carbonyl (C=O) groups excluding carboxylic acids is 1. The van der Waals surface area contributed by atoms with Crippen molar-refractivity contribution in [3.63, 3.8) is 0 Å². The van der Waals surface area contributed by atoms with E-state index < -0.39 is 0 Å². The minimum Gasteiger partial charge on any atom is -0.381 e. The standard InChI is InChI=1S/C19H29N3O3S/c1-14-16(26-18(20-14)21-9-11-25-12-10-21)17(23)22-8-4-7-19(13-22)6-3-5-15(19)24-2/h15H,3-13H2,1-2H3/t15-,19-/m1/s1. The molecule has 0 unspecified atom stereocenters. The van der Waals surface area contributed by atoms with Gasteiger partial charge in [-0.3, -0.25) is 4.79 Å². The molecule has 1 aromatic heterocycles. The molecule has 1 amide bonds. The van der Waals surface area contributed by atoms with Gasteiger partial charge in [0.05, 0.1) is 25.0 Å². The lowest BCUT2D eigenvalue weighted by molar-refractivity contribution is -0.0294. The number of thiazole rings is 1. The lowest BCUT2D eigenvalue weighted by Gasteiger charge is -2.43. The van der Waals surface area contributed by atoms with E-state index in [4.69, 9.17) is 9.47 Å². The zero-order valence-electron chi connectivity index (χ0n) is 15.8. The molecule has 0 bridgehead atoms. The number of piperidine rings is 1. The molecule has 3 heterocycles. The molecule has 1 saturated carbocycles. The Morgan fingerprint density at radius 3 is 2.81 bits per heavy atom. The minimum absolute atomic E-state index is 0.153. The Morgan fingerprint density at radius 2 is 2.04 bits per heavy atom. The molecule has 4 rings (SSSR count). The van der Waals surface area contributed by atoms with Crippen LogP contribution in [-0.4, -0.2) is 68.4 Å². The number of methoxy groups -OCH3 is 1. The number of carbonyl (C=O) groups is 1. The van der Waals surface area contributed by atoms with Gasteiger partial charge in [0.15, 0.2) is 5.13 Å². The quantitative estimate of drug-likeness (QED) is 0.808. The van der Waals surface area contributed by atoms with Gasteiger partial charge in [0, 0.05) is 38.7 Å². The smallest absolute Gasteiger partial charge is 0.265 e. The molecule has 2 aliphatic heterocycles. The molecule has 0 aromatic carbocycles. The van der Waals surface area contributed by atoms with Crippen molar-refractivity contribution in [2.75, 3.05) is 51.4 Å². The third-order valence-corrected chi connectivity index (χ3v) is 7.47. The van der Waals surface area contributed by atoms with Crippen molar-refractivity contribution in [2.45, 2.75) is 45.1 Å². The average molecular weight is 380 g/mol. The van der Waals surface area contributed by atoms with E-state index in [-0.39, 0.29) is 11.3 Å². The first-order valence-electron chi connectivity index (χ1n) is 9.75. The Morgan fingerprint density at radius 1 is 1.27 bits per heavy atom. The first kappa shape index (κ1) is 18.2. The van der Waals surface area contributed by atoms with Gasteiger partial charge in [0.1, 0.15) is 4.88 Å². The predicted molar refractivity (Wildman–Crippen MR) is 102 cm³/mol. The molecule has 144 valence electrons.